The van der Waals surface area contributed by atoms with Crippen molar-refractivity contribution >= 4 is 5.97 Å². The van der Waals surface area contributed by atoms with E-state index < -0.39 is 12.1 Å². The molecule has 1 unspecified atom stereocenters. The summed E-state index contributed by atoms with van der Waals surface area (Å²) in [6.45, 7) is 7.44. The quantitative estimate of drug-likeness (QED) is 0.712. The van der Waals surface area contributed by atoms with E-state index in [0.29, 0.717) is 13.2 Å². The van der Waals surface area contributed by atoms with Gasteiger partial charge in [0.15, 0.2) is 6.10 Å². The first-order valence-corrected chi connectivity index (χ1v) is 5.31. The molecule has 1 heterocycles. The summed E-state index contributed by atoms with van der Waals surface area (Å²) in [6.07, 6.45) is -0.758. The Morgan fingerprint density at radius 3 is 3.07 bits per heavy atom. The number of aliphatic carboxylic acids is 1. The Balaban J connectivity index is 2.23. The molecule has 1 fully saturated rings. The third kappa shape index (κ3) is 4.15. The van der Waals surface area contributed by atoms with E-state index in [1.165, 1.54) is 6.92 Å². The molecule has 0 aromatic heterocycles. The zero-order valence-electron chi connectivity index (χ0n) is 9.31. The molecule has 1 aliphatic heterocycles. The number of rotatable bonds is 5. The van der Waals surface area contributed by atoms with Crippen LogP contribution in [0.15, 0.2) is 0 Å². The number of nitrogens with zero attached hydrogens (tertiary/aromatic N) is 1. The number of carboxylic acid groups (broad SMARTS) is 1. The number of hydrogen-bond acceptors (Lipinski definition) is 4. The second-order valence-electron chi connectivity index (χ2n) is 3.70. The zero-order chi connectivity index (χ0) is 11.3. The van der Waals surface area contributed by atoms with Crippen molar-refractivity contribution < 1.29 is 19.4 Å². The van der Waals surface area contributed by atoms with Gasteiger partial charge in [-0.05, 0) is 13.5 Å². The summed E-state index contributed by atoms with van der Waals surface area (Å²) in [5.41, 5.74) is 0. The Labute approximate surface area is 90.0 Å². The largest absolute Gasteiger partial charge is 0.479 e. The molecule has 15 heavy (non-hydrogen) atoms. The molecule has 2 atom stereocenters. The summed E-state index contributed by atoms with van der Waals surface area (Å²) in [4.78, 5) is 12.8. The third-order valence-electron chi connectivity index (χ3n) is 2.55. The maximum atomic E-state index is 10.5. The molecule has 0 bridgehead atoms. The van der Waals surface area contributed by atoms with E-state index >= 15 is 0 Å². The molecule has 88 valence electrons. The van der Waals surface area contributed by atoms with Crippen molar-refractivity contribution in [2.75, 3.05) is 32.8 Å². The fraction of sp³-hybridized carbons (Fsp3) is 0.900. The van der Waals surface area contributed by atoms with Crippen LogP contribution in [-0.2, 0) is 14.3 Å². The van der Waals surface area contributed by atoms with Crippen LogP contribution in [0.25, 0.3) is 0 Å². The van der Waals surface area contributed by atoms with Gasteiger partial charge in [0.05, 0.1) is 19.3 Å². The van der Waals surface area contributed by atoms with Crippen LogP contribution in [0.5, 0.6) is 0 Å². The van der Waals surface area contributed by atoms with E-state index in [1.807, 2.05) is 0 Å². The number of carboxylic acids is 1. The molecule has 0 radical (unpaired) electrons. The molecular formula is C10H19NO4. The SMILES string of the molecule is CCN1CCOC(CO[C@@H](C)C(=O)O)C1. The molecule has 0 saturated carbocycles. The van der Waals surface area contributed by atoms with Crippen LogP contribution < -0.4 is 0 Å². The van der Waals surface area contributed by atoms with Gasteiger partial charge in [-0.1, -0.05) is 6.92 Å². The van der Waals surface area contributed by atoms with Crippen molar-refractivity contribution in [3.05, 3.63) is 0 Å². The lowest BCUT2D eigenvalue weighted by Crippen LogP contribution is -2.44. The van der Waals surface area contributed by atoms with E-state index in [-0.39, 0.29) is 6.10 Å². The Morgan fingerprint density at radius 1 is 1.73 bits per heavy atom. The molecule has 5 heteroatoms. The van der Waals surface area contributed by atoms with Crippen molar-refractivity contribution in [1.82, 2.24) is 4.90 Å². The molecule has 0 aromatic rings. The highest BCUT2D eigenvalue weighted by Gasteiger charge is 2.21. The highest BCUT2D eigenvalue weighted by molar-refractivity contribution is 5.71. The molecular weight excluding hydrogens is 198 g/mol. The topological polar surface area (TPSA) is 59.0 Å². The summed E-state index contributed by atoms with van der Waals surface area (Å²) >= 11 is 0. The van der Waals surface area contributed by atoms with Gasteiger partial charge in [0, 0.05) is 13.1 Å². The highest BCUT2D eigenvalue weighted by Crippen LogP contribution is 2.06. The Hall–Kier alpha value is -0.650. The average Bonchev–Trinajstić information content (AvgIpc) is 2.26. The number of morpholine rings is 1. The maximum absolute atomic E-state index is 10.5. The second kappa shape index (κ2) is 6.05. The van der Waals surface area contributed by atoms with E-state index in [2.05, 4.69) is 11.8 Å². The second-order valence-corrected chi connectivity index (χ2v) is 3.70. The standard InChI is InChI=1S/C10H19NO4/c1-3-11-4-5-14-9(6-11)7-15-8(2)10(12)13/h8-9H,3-7H2,1-2H3,(H,12,13)/t8-,9?/m0/s1. The molecule has 0 aromatic carbocycles. The third-order valence-corrected chi connectivity index (χ3v) is 2.55. The fourth-order valence-electron chi connectivity index (χ4n) is 1.49. The molecule has 0 spiro atoms. The van der Waals surface area contributed by atoms with Crippen LogP contribution >= 0.6 is 0 Å². The minimum absolute atomic E-state index is 0.000463. The van der Waals surface area contributed by atoms with Gasteiger partial charge in [-0.2, -0.15) is 0 Å². The van der Waals surface area contributed by atoms with Crippen LogP contribution in [-0.4, -0.2) is 61.0 Å². The minimum Gasteiger partial charge on any atom is -0.479 e. The molecule has 1 N–H and O–H groups in total. The Kier molecular flexibility index (Phi) is 5.01. The van der Waals surface area contributed by atoms with E-state index in [9.17, 15) is 4.79 Å². The Morgan fingerprint density at radius 2 is 2.47 bits per heavy atom. The molecule has 1 rings (SSSR count). The Bertz CT molecular complexity index is 210. The van der Waals surface area contributed by atoms with Crippen molar-refractivity contribution in [3.8, 4) is 0 Å². The van der Waals surface area contributed by atoms with Gasteiger partial charge in [-0.15, -0.1) is 0 Å². The highest BCUT2D eigenvalue weighted by atomic mass is 16.5. The zero-order valence-corrected chi connectivity index (χ0v) is 9.31. The lowest BCUT2D eigenvalue weighted by Gasteiger charge is -2.32. The van der Waals surface area contributed by atoms with Crippen molar-refractivity contribution in [2.24, 2.45) is 0 Å². The van der Waals surface area contributed by atoms with Gasteiger partial charge >= 0.3 is 5.97 Å². The van der Waals surface area contributed by atoms with E-state index in [0.717, 1.165) is 19.6 Å². The number of ether oxygens (including phenoxy) is 2. The predicted octanol–water partition coefficient (Wildman–Crippen LogP) is 0.197. The molecule has 1 aliphatic rings. The van der Waals surface area contributed by atoms with Crippen LogP contribution in [0.4, 0.5) is 0 Å². The maximum Gasteiger partial charge on any atom is 0.332 e. The summed E-state index contributed by atoms with van der Waals surface area (Å²) in [6, 6.07) is 0. The lowest BCUT2D eigenvalue weighted by atomic mass is 10.3. The van der Waals surface area contributed by atoms with Crippen molar-refractivity contribution in [3.63, 3.8) is 0 Å². The minimum atomic E-state index is -0.932. The van der Waals surface area contributed by atoms with Gasteiger partial charge in [-0.3, -0.25) is 4.90 Å². The molecule has 5 nitrogen and oxygen atoms in total. The summed E-state index contributed by atoms with van der Waals surface area (Å²) < 4.78 is 10.7. The molecule has 1 saturated heterocycles. The first-order valence-electron chi connectivity index (χ1n) is 5.31. The number of carbonyl (C=O) groups is 1. The van der Waals surface area contributed by atoms with Crippen molar-refractivity contribution in [2.45, 2.75) is 26.1 Å². The number of hydrogen-bond donors (Lipinski definition) is 1. The van der Waals surface area contributed by atoms with E-state index in [1.54, 1.807) is 0 Å². The van der Waals surface area contributed by atoms with Crippen LogP contribution in [0.2, 0.25) is 0 Å². The normalized spacial score (nSPS) is 25.1. The first kappa shape index (κ1) is 12.4. The molecule has 0 aliphatic carbocycles. The summed E-state index contributed by atoms with van der Waals surface area (Å²) in [7, 11) is 0. The summed E-state index contributed by atoms with van der Waals surface area (Å²) in [5, 5.41) is 8.63. The molecule has 0 amide bonds. The van der Waals surface area contributed by atoms with Crippen LogP contribution in [0.1, 0.15) is 13.8 Å². The fourth-order valence-corrected chi connectivity index (χ4v) is 1.49. The smallest absolute Gasteiger partial charge is 0.332 e. The van der Waals surface area contributed by atoms with Gasteiger partial charge in [0.1, 0.15) is 0 Å². The van der Waals surface area contributed by atoms with Gasteiger partial charge in [0.2, 0.25) is 0 Å². The van der Waals surface area contributed by atoms with Gasteiger partial charge < -0.3 is 14.6 Å². The summed E-state index contributed by atoms with van der Waals surface area (Å²) in [5.74, 6) is -0.932. The van der Waals surface area contributed by atoms with Gasteiger partial charge in [-0.25, -0.2) is 4.79 Å². The van der Waals surface area contributed by atoms with Crippen LogP contribution in [0, 0.1) is 0 Å². The average molecular weight is 217 g/mol. The van der Waals surface area contributed by atoms with Crippen molar-refractivity contribution in [1.29, 1.82) is 0 Å². The van der Waals surface area contributed by atoms with Gasteiger partial charge in [0.25, 0.3) is 0 Å². The first-order chi connectivity index (χ1) is 7.13. The lowest BCUT2D eigenvalue weighted by molar-refractivity contribution is -0.153. The van der Waals surface area contributed by atoms with Crippen LogP contribution in [0.3, 0.4) is 0 Å². The predicted molar refractivity (Wildman–Crippen MR) is 54.9 cm³/mol. The monoisotopic (exact) mass is 217 g/mol. The number of likely N-dealkylation sites (N-methyl/N-ethyl adjacent to an activating group) is 1. The van der Waals surface area contributed by atoms with E-state index in [4.69, 9.17) is 14.6 Å².